The average Bonchev–Trinajstić information content (AvgIpc) is 3.19. The molecule has 0 heterocycles. The molecule has 5 heteroatoms. The molecule has 1 atom stereocenters. The first kappa shape index (κ1) is 12.4. The molecule has 1 aromatic carbocycles. The van der Waals surface area contributed by atoms with Gasteiger partial charge >= 0.3 is 0 Å². The SMILES string of the molecule is COc1ccc(C(=O)NC(C#N)C2CC2)cc1F. The summed E-state index contributed by atoms with van der Waals surface area (Å²) in [5, 5.41) is 11.5. The van der Waals surface area contributed by atoms with E-state index in [1.807, 2.05) is 0 Å². The molecule has 2 rings (SSSR count). The van der Waals surface area contributed by atoms with E-state index in [2.05, 4.69) is 11.4 Å². The Labute approximate surface area is 104 Å². The lowest BCUT2D eigenvalue weighted by Crippen LogP contribution is -2.35. The number of nitrogens with zero attached hydrogens (tertiary/aromatic N) is 1. The van der Waals surface area contributed by atoms with E-state index in [0.29, 0.717) is 0 Å². The van der Waals surface area contributed by atoms with Gasteiger partial charge in [0.05, 0.1) is 13.2 Å². The summed E-state index contributed by atoms with van der Waals surface area (Å²) in [5.41, 5.74) is 0.189. The molecule has 0 spiro atoms. The predicted molar refractivity (Wildman–Crippen MR) is 62.5 cm³/mol. The summed E-state index contributed by atoms with van der Waals surface area (Å²) in [6.45, 7) is 0. The summed E-state index contributed by atoms with van der Waals surface area (Å²) in [7, 11) is 1.36. The van der Waals surface area contributed by atoms with E-state index in [9.17, 15) is 9.18 Å². The molecule has 1 unspecified atom stereocenters. The maximum atomic E-state index is 13.4. The topological polar surface area (TPSA) is 62.1 Å². The standard InChI is InChI=1S/C13H13FN2O2/c1-18-12-5-4-9(6-10(12)14)13(17)16-11(7-15)8-2-3-8/h4-6,8,11H,2-3H2,1H3,(H,16,17). The molecule has 1 saturated carbocycles. The molecule has 1 aliphatic carbocycles. The Balaban J connectivity index is 2.09. The van der Waals surface area contributed by atoms with Crippen molar-refractivity contribution in [3.05, 3.63) is 29.6 Å². The van der Waals surface area contributed by atoms with Crippen molar-refractivity contribution in [2.75, 3.05) is 7.11 Å². The van der Waals surface area contributed by atoms with Crippen molar-refractivity contribution in [3.63, 3.8) is 0 Å². The Bertz CT molecular complexity index is 506. The third-order valence-electron chi connectivity index (χ3n) is 2.93. The molecule has 1 amide bonds. The molecule has 1 aliphatic rings. The van der Waals surface area contributed by atoms with E-state index in [0.717, 1.165) is 18.9 Å². The van der Waals surface area contributed by atoms with E-state index >= 15 is 0 Å². The second kappa shape index (κ2) is 5.05. The van der Waals surface area contributed by atoms with Gasteiger partial charge in [0, 0.05) is 5.56 Å². The van der Waals surface area contributed by atoms with Crippen LogP contribution in [0.4, 0.5) is 4.39 Å². The van der Waals surface area contributed by atoms with Gasteiger partial charge in [0.25, 0.3) is 5.91 Å². The minimum Gasteiger partial charge on any atom is -0.494 e. The lowest BCUT2D eigenvalue weighted by Gasteiger charge is -2.11. The Morgan fingerprint density at radius 1 is 1.61 bits per heavy atom. The molecule has 18 heavy (non-hydrogen) atoms. The molecular formula is C13H13FN2O2. The monoisotopic (exact) mass is 248 g/mol. The van der Waals surface area contributed by atoms with Crippen molar-refractivity contribution in [1.82, 2.24) is 5.32 Å². The van der Waals surface area contributed by atoms with Crippen LogP contribution in [0.2, 0.25) is 0 Å². The van der Waals surface area contributed by atoms with Gasteiger partial charge in [-0.2, -0.15) is 5.26 Å². The minimum absolute atomic E-state index is 0.0885. The molecule has 0 saturated heterocycles. The highest BCUT2D eigenvalue weighted by Crippen LogP contribution is 2.32. The number of nitrogens with one attached hydrogen (secondary N) is 1. The summed E-state index contributed by atoms with van der Waals surface area (Å²) in [6.07, 6.45) is 1.91. The normalized spacial score (nSPS) is 15.6. The molecule has 94 valence electrons. The quantitative estimate of drug-likeness (QED) is 0.884. The van der Waals surface area contributed by atoms with Crippen LogP contribution in [-0.2, 0) is 0 Å². The first-order valence-corrected chi connectivity index (χ1v) is 5.69. The van der Waals surface area contributed by atoms with Crippen LogP contribution in [0.3, 0.4) is 0 Å². The zero-order chi connectivity index (χ0) is 13.1. The van der Waals surface area contributed by atoms with Gasteiger partial charge in [-0.25, -0.2) is 4.39 Å². The van der Waals surface area contributed by atoms with Crippen molar-refractivity contribution in [2.45, 2.75) is 18.9 Å². The largest absolute Gasteiger partial charge is 0.494 e. The fraction of sp³-hybridized carbons (Fsp3) is 0.385. The number of amides is 1. The molecule has 0 radical (unpaired) electrons. The highest BCUT2D eigenvalue weighted by atomic mass is 19.1. The average molecular weight is 248 g/mol. The first-order chi connectivity index (χ1) is 8.65. The number of hydrogen-bond acceptors (Lipinski definition) is 3. The van der Waals surface area contributed by atoms with Gasteiger partial charge in [-0.1, -0.05) is 0 Å². The molecule has 1 N–H and O–H groups in total. The van der Waals surface area contributed by atoms with Gasteiger partial charge in [0.1, 0.15) is 6.04 Å². The summed E-state index contributed by atoms with van der Waals surface area (Å²) < 4.78 is 18.2. The summed E-state index contributed by atoms with van der Waals surface area (Å²) in [4.78, 5) is 11.8. The number of rotatable bonds is 4. The van der Waals surface area contributed by atoms with Crippen LogP contribution < -0.4 is 10.1 Å². The molecule has 1 fully saturated rings. The Kier molecular flexibility index (Phi) is 3.47. The number of carbonyl (C=O) groups excluding carboxylic acids is 1. The van der Waals surface area contributed by atoms with Crippen molar-refractivity contribution in [2.24, 2.45) is 5.92 Å². The third kappa shape index (κ3) is 2.59. The molecule has 0 aliphatic heterocycles. The van der Waals surface area contributed by atoms with Crippen LogP contribution in [-0.4, -0.2) is 19.1 Å². The zero-order valence-electron chi connectivity index (χ0n) is 9.94. The van der Waals surface area contributed by atoms with Crippen molar-refractivity contribution in [1.29, 1.82) is 5.26 Å². The van der Waals surface area contributed by atoms with E-state index in [-0.39, 0.29) is 17.2 Å². The van der Waals surface area contributed by atoms with Crippen molar-refractivity contribution >= 4 is 5.91 Å². The van der Waals surface area contributed by atoms with Crippen LogP contribution in [0.25, 0.3) is 0 Å². The molecule has 0 aromatic heterocycles. The van der Waals surface area contributed by atoms with Gasteiger partial charge in [-0.05, 0) is 37.0 Å². The highest BCUT2D eigenvalue weighted by molar-refractivity contribution is 5.94. The van der Waals surface area contributed by atoms with Gasteiger partial charge in [-0.3, -0.25) is 4.79 Å². The number of methoxy groups -OCH3 is 1. The van der Waals surface area contributed by atoms with Crippen molar-refractivity contribution in [3.8, 4) is 11.8 Å². The van der Waals surface area contributed by atoms with E-state index in [1.165, 1.54) is 19.2 Å². The van der Waals surface area contributed by atoms with Crippen LogP contribution in [0.15, 0.2) is 18.2 Å². The number of nitriles is 1. The molecule has 1 aromatic rings. The number of hydrogen-bond donors (Lipinski definition) is 1. The summed E-state index contributed by atoms with van der Waals surface area (Å²) >= 11 is 0. The van der Waals surface area contributed by atoms with Crippen molar-refractivity contribution < 1.29 is 13.9 Å². The fourth-order valence-electron chi connectivity index (χ4n) is 1.72. The Hall–Kier alpha value is -2.09. The van der Waals surface area contributed by atoms with Gasteiger partial charge in [0.2, 0.25) is 0 Å². The summed E-state index contributed by atoms with van der Waals surface area (Å²) in [5.74, 6) is -0.701. The first-order valence-electron chi connectivity index (χ1n) is 5.69. The van der Waals surface area contributed by atoms with E-state index < -0.39 is 17.8 Å². The van der Waals surface area contributed by atoms with Crippen LogP contribution in [0.5, 0.6) is 5.75 Å². The number of carbonyl (C=O) groups is 1. The second-order valence-corrected chi connectivity index (χ2v) is 4.27. The molecule has 0 bridgehead atoms. The fourth-order valence-corrected chi connectivity index (χ4v) is 1.72. The molecule has 4 nitrogen and oxygen atoms in total. The lowest BCUT2D eigenvalue weighted by molar-refractivity contribution is 0.0941. The van der Waals surface area contributed by atoms with Crippen LogP contribution in [0.1, 0.15) is 23.2 Å². The van der Waals surface area contributed by atoms with E-state index in [1.54, 1.807) is 0 Å². The number of halogens is 1. The minimum atomic E-state index is -0.593. The number of benzene rings is 1. The smallest absolute Gasteiger partial charge is 0.252 e. The second-order valence-electron chi connectivity index (χ2n) is 4.27. The highest BCUT2D eigenvalue weighted by Gasteiger charge is 2.32. The maximum Gasteiger partial charge on any atom is 0.252 e. The van der Waals surface area contributed by atoms with Gasteiger partial charge < -0.3 is 10.1 Å². The summed E-state index contributed by atoms with van der Waals surface area (Å²) in [6, 6.07) is 5.54. The maximum absolute atomic E-state index is 13.4. The van der Waals surface area contributed by atoms with E-state index in [4.69, 9.17) is 10.00 Å². The number of ether oxygens (including phenoxy) is 1. The predicted octanol–water partition coefficient (Wildman–Crippen LogP) is 1.87. The lowest BCUT2D eigenvalue weighted by atomic mass is 10.1. The van der Waals surface area contributed by atoms with Gasteiger partial charge in [0.15, 0.2) is 11.6 Å². The Morgan fingerprint density at radius 3 is 2.83 bits per heavy atom. The van der Waals surface area contributed by atoms with Crippen LogP contribution in [0, 0.1) is 23.1 Å². The Morgan fingerprint density at radius 2 is 2.33 bits per heavy atom. The zero-order valence-corrected chi connectivity index (χ0v) is 9.94. The van der Waals surface area contributed by atoms with Crippen LogP contribution >= 0.6 is 0 Å². The molecular weight excluding hydrogens is 235 g/mol. The third-order valence-corrected chi connectivity index (χ3v) is 2.93. The van der Waals surface area contributed by atoms with Gasteiger partial charge in [-0.15, -0.1) is 0 Å².